The van der Waals surface area contributed by atoms with Crippen LogP contribution in [0.1, 0.15) is 39.5 Å². The normalized spacial score (nSPS) is 27.7. The fourth-order valence-corrected chi connectivity index (χ4v) is 3.23. The number of carbonyl (C=O) groups excluding carboxylic acids is 2. The lowest BCUT2D eigenvalue weighted by atomic mass is 9.97. The average molecular weight is 282 g/mol. The summed E-state index contributed by atoms with van der Waals surface area (Å²) >= 11 is 0. The van der Waals surface area contributed by atoms with Crippen molar-refractivity contribution in [1.29, 1.82) is 0 Å². The van der Waals surface area contributed by atoms with Crippen LogP contribution in [0.15, 0.2) is 0 Å². The molecule has 2 aliphatic heterocycles. The van der Waals surface area contributed by atoms with Gasteiger partial charge in [0.25, 0.3) is 0 Å². The number of nitrogens with one attached hydrogen (secondary N) is 3. The van der Waals surface area contributed by atoms with E-state index in [-0.39, 0.29) is 11.9 Å². The summed E-state index contributed by atoms with van der Waals surface area (Å²) in [4.78, 5) is 25.8. The maximum atomic E-state index is 11.9. The Morgan fingerprint density at radius 2 is 2.10 bits per heavy atom. The second-order valence-electron chi connectivity index (χ2n) is 5.79. The van der Waals surface area contributed by atoms with E-state index in [2.05, 4.69) is 20.9 Å². The number of piperidine rings is 1. The fraction of sp³-hybridized carbons (Fsp3) is 0.857. The molecule has 3 atom stereocenters. The van der Waals surface area contributed by atoms with Crippen LogP contribution >= 0.6 is 0 Å². The number of rotatable bonds is 4. The van der Waals surface area contributed by atoms with E-state index in [0.29, 0.717) is 18.6 Å². The van der Waals surface area contributed by atoms with Gasteiger partial charge in [-0.15, -0.1) is 0 Å². The lowest BCUT2D eigenvalue weighted by Crippen LogP contribution is -2.53. The first-order valence-electron chi connectivity index (χ1n) is 7.69. The van der Waals surface area contributed by atoms with Gasteiger partial charge in [-0.25, -0.2) is 4.79 Å². The van der Waals surface area contributed by atoms with Gasteiger partial charge in [0.2, 0.25) is 5.91 Å². The van der Waals surface area contributed by atoms with E-state index in [4.69, 9.17) is 0 Å². The molecule has 0 spiro atoms. The summed E-state index contributed by atoms with van der Waals surface area (Å²) in [6.45, 7) is 6.50. The Balaban J connectivity index is 1.74. The third-order valence-corrected chi connectivity index (χ3v) is 4.27. The molecule has 6 heteroatoms. The van der Waals surface area contributed by atoms with Crippen molar-refractivity contribution in [3.8, 4) is 0 Å². The van der Waals surface area contributed by atoms with Crippen LogP contribution in [0.3, 0.4) is 0 Å². The fourth-order valence-electron chi connectivity index (χ4n) is 3.23. The first-order chi connectivity index (χ1) is 9.60. The first-order valence-corrected chi connectivity index (χ1v) is 7.69. The second-order valence-corrected chi connectivity index (χ2v) is 5.79. The van der Waals surface area contributed by atoms with Crippen molar-refractivity contribution in [2.75, 3.05) is 19.6 Å². The van der Waals surface area contributed by atoms with Crippen LogP contribution in [-0.4, -0.2) is 54.6 Å². The highest BCUT2D eigenvalue weighted by Gasteiger charge is 2.32. The van der Waals surface area contributed by atoms with Crippen LogP contribution in [0, 0.1) is 0 Å². The summed E-state index contributed by atoms with van der Waals surface area (Å²) in [6.07, 6.45) is 4.76. The van der Waals surface area contributed by atoms with Gasteiger partial charge in [-0.2, -0.15) is 0 Å². The third-order valence-electron chi connectivity index (χ3n) is 4.27. The van der Waals surface area contributed by atoms with Gasteiger partial charge in [-0.3, -0.25) is 10.1 Å². The van der Waals surface area contributed by atoms with Crippen LogP contribution in [0.5, 0.6) is 0 Å². The van der Waals surface area contributed by atoms with Gasteiger partial charge < -0.3 is 15.5 Å². The number of nitrogens with zero attached hydrogens (tertiary/aromatic N) is 1. The standard InChI is InChI=1S/C14H26N4O2/c1-3-15-14(20)17-13(19)10(2)16-11-6-8-18-7-4-5-12(18)9-11/h10-12,16H,3-9H2,1-2H3,(H2,15,17,19,20). The van der Waals surface area contributed by atoms with Crippen molar-refractivity contribution in [2.24, 2.45) is 0 Å². The molecule has 0 bridgehead atoms. The Morgan fingerprint density at radius 3 is 2.85 bits per heavy atom. The zero-order valence-corrected chi connectivity index (χ0v) is 12.4. The number of urea groups is 1. The van der Waals surface area contributed by atoms with Crippen molar-refractivity contribution in [2.45, 2.75) is 57.7 Å². The van der Waals surface area contributed by atoms with E-state index >= 15 is 0 Å². The van der Waals surface area contributed by atoms with Crippen molar-refractivity contribution in [3.05, 3.63) is 0 Å². The molecule has 0 radical (unpaired) electrons. The van der Waals surface area contributed by atoms with E-state index in [9.17, 15) is 9.59 Å². The minimum atomic E-state index is -0.420. The predicted molar refractivity (Wildman–Crippen MR) is 77.4 cm³/mol. The third kappa shape index (κ3) is 3.93. The van der Waals surface area contributed by atoms with E-state index < -0.39 is 6.03 Å². The van der Waals surface area contributed by atoms with Gasteiger partial charge >= 0.3 is 6.03 Å². The maximum Gasteiger partial charge on any atom is 0.321 e. The van der Waals surface area contributed by atoms with Crippen LogP contribution in [-0.2, 0) is 4.79 Å². The number of fused-ring (bicyclic) bond motifs is 1. The molecule has 0 aromatic rings. The number of amides is 3. The minimum absolute atomic E-state index is 0.259. The Labute approximate surface area is 120 Å². The minimum Gasteiger partial charge on any atom is -0.338 e. The van der Waals surface area contributed by atoms with Crippen LogP contribution in [0.2, 0.25) is 0 Å². The molecule has 3 amide bonds. The van der Waals surface area contributed by atoms with Crippen molar-refractivity contribution in [1.82, 2.24) is 20.9 Å². The van der Waals surface area contributed by atoms with Gasteiger partial charge in [0.1, 0.15) is 0 Å². The van der Waals surface area contributed by atoms with Crippen molar-refractivity contribution in [3.63, 3.8) is 0 Å². The Morgan fingerprint density at radius 1 is 1.30 bits per heavy atom. The van der Waals surface area contributed by atoms with E-state index in [0.717, 1.165) is 19.4 Å². The van der Waals surface area contributed by atoms with Crippen LogP contribution < -0.4 is 16.0 Å². The average Bonchev–Trinajstić information content (AvgIpc) is 2.86. The number of imide groups is 1. The summed E-state index contributed by atoms with van der Waals surface area (Å²) in [6, 6.07) is 0.302. The molecule has 0 aromatic carbocycles. The topological polar surface area (TPSA) is 73.5 Å². The van der Waals surface area contributed by atoms with Crippen molar-refractivity contribution < 1.29 is 9.59 Å². The molecule has 0 aliphatic carbocycles. The highest BCUT2D eigenvalue weighted by atomic mass is 16.2. The molecule has 20 heavy (non-hydrogen) atoms. The highest BCUT2D eigenvalue weighted by Crippen LogP contribution is 2.26. The monoisotopic (exact) mass is 282 g/mol. The van der Waals surface area contributed by atoms with Gasteiger partial charge in [-0.1, -0.05) is 0 Å². The molecule has 3 N–H and O–H groups in total. The zero-order valence-electron chi connectivity index (χ0n) is 12.4. The van der Waals surface area contributed by atoms with Crippen LogP contribution in [0.25, 0.3) is 0 Å². The van der Waals surface area contributed by atoms with Gasteiger partial charge in [-0.05, 0) is 52.6 Å². The zero-order chi connectivity index (χ0) is 14.5. The van der Waals surface area contributed by atoms with Gasteiger partial charge in [0, 0.05) is 18.6 Å². The predicted octanol–water partition coefficient (Wildman–Crippen LogP) is 0.437. The smallest absolute Gasteiger partial charge is 0.321 e. The Bertz CT molecular complexity index is 361. The summed E-state index contributed by atoms with van der Waals surface area (Å²) in [5, 5.41) is 8.27. The molecular formula is C14H26N4O2. The number of hydrogen-bond donors (Lipinski definition) is 3. The molecule has 6 nitrogen and oxygen atoms in total. The Kier molecular flexibility index (Phi) is 5.37. The van der Waals surface area contributed by atoms with Gasteiger partial charge in [0.15, 0.2) is 0 Å². The van der Waals surface area contributed by atoms with Gasteiger partial charge in [0.05, 0.1) is 6.04 Å². The molecule has 2 heterocycles. The quantitative estimate of drug-likeness (QED) is 0.699. The molecule has 2 aliphatic rings. The lowest BCUT2D eigenvalue weighted by molar-refractivity contribution is -0.122. The second kappa shape index (κ2) is 7.04. The molecule has 2 saturated heterocycles. The molecule has 3 unspecified atom stereocenters. The largest absolute Gasteiger partial charge is 0.338 e. The first kappa shape index (κ1) is 15.3. The van der Waals surface area contributed by atoms with Crippen molar-refractivity contribution >= 4 is 11.9 Å². The molecule has 2 fully saturated rings. The Hall–Kier alpha value is -1.14. The SMILES string of the molecule is CCNC(=O)NC(=O)C(C)NC1CCN2CCCC2C1. The highest BCUT2D eigenvalue weighted by molar-refractivity contribution is 5.96. The summed E-state index contributed by atoms with van der Waals surface area (Å²) in [5.41, 5.74) is 0. The van der Waals surface area contributed by atoms with E-state index in [1.54, 1.807) is 0 Å². The summed E-state index contributed by atoms with van der Waals surface area (Å²) in [7, 11) is 0. The molecule has 0 saturated carbocycles. The number of hydrogen-bond acceptors (Lipinski definition) is 4. The lowest BCUT2D eigenvalue weighted by Gasteiger charge is -2.36. The molecular weight excluding hydrogens is 256 g/mol. The van der Waals surface area contributed by atoms with E-state index in [1.807, 2.05) is 13.8 Å². The molecule has 114 valence electrons. The van der Waals surface area contributed by atoms with Crippen LogP contribution in [0.4, 0.5) is 4.79 Å². The molecule has 2 rings (SSSR count). The van der Waals surface area contributed by atoms with E-state index in [1.165, 1.54) is 19.4 Å². The maximum absolute atomic E-state index is 11.9. The molecule has 0 aromatic heterocycles. The number of carbonyl (C=O) groups is 2. The summed E-state index contributed by atoms with van der Waals surface area (Å²) < 4.78 is 0. The summed E-state index contributed by atoms with van der Waals surface area (Å²) in [5.74, 6) is -0.259.